The molecule has 5 nitrogen and oxygen atoms in total. The summed E-state index contributed by atoms with van der Waals surface area (Å²) in [6.07, 6.45) is 10.2. The van der Waals surface area contributed by atoms with Crippen molar-refractivity contribution in [1.82, 2.24) is 5.43 Å². The Hall–Kier alpha value is -2.17. The Morgan fingerprint density at radius 3 is 2.19 bits per heavy atom. The lowest BCUT2D eigenvalue weighted by Crippen LogP contribution is -2.47. The molecule has 0 saturated heterocycles. The van der Waals surface area contributed by atoms with E-state index in [1.165, 1.54) is 45.4 Å². The van der Waals surface area contributed by atoms with Crippen LogP contribution >= 0.6 is 0 Å². The molecule has 4 bridgehead atoms. The lowest BCUT2D eigenvalue weighted by atomic mass is 9.49. The first-order valence-corrected chi connectivity index (χ1v) is 9.69. The quantitative estimate of drug-likeness (QED) is 0.626. The van der Waals surface area contributed by atoms with E-state index in [4.69, 9.17) is 0 Å². The summed E-state index contributed by atoms with van der Waals surface area (Å²) in [7, 11) is 0. The van der Waals surface area contributed by atoms with Crippen LogP contribution in [0.25, 0.3) is 0 Å². The summed E-state index contributed by atoms with van der Waals surface area (Å²) in [4.78, 5) is 23.4. The van der Waals surface area contributed by atoms with Gasteiger partial charge in [0, 0.05) is 19.0 Å². The number of hydrazone groups is 1. The zero-order chi connectivity index (χ0) is 18.1. The van der Waals surface area contributed by atoms with Crippen molar-refractivity contribution in [2.24, 2.45) is 28.3 Å². The second-order valence-corrected chi connectivity index (χ2v) is 8.69. The Bertz CT molecular complexity index is 688. The minimum absolute atomic E-state index is 0.0399. The highest BCUT2D eigenvalue weighted by Gasteiger charge is 2.51. The molecule has 0 spiro atoms. The molecule has 4 saturated carbocycles. The fraction of sp³-hybridized carbons (Fsp3) is 0.571. The minimum atomic E-state index is -0.0941. The van der Waals surface area contributed by atoms with Crippen molar-refractivity contribution in [2.75, 3.05) is 5.32 Å². The van der Waals surface area contributed by atoms with E-state index in [1.54, 1.807) is 6.21 Å². The molecule has 4 aliphatic rings. The predicted octanol–water partition coefficient (Wildman–Crippen LogP) is 3.70. The van der Waals surface area contributed by atoms with Gasteiger partial charge in [0.25, 0.3) is 0 Å². The molecule has 0 unspecified atom stereocenters. The lowest BCUT2D eigenvalue weighted by Gasteiger charge is -2.56. The van der Waals surface area contributed by atoms with Crippen molar-refractivity contribution in [3.8, 4) is 0 Å². The number of nitrogens with zero attached hydrogens (tertiary/aromatic N) is 1. The average molecular weight is 353 g/mol. The van der Waals surface area contributed by atoms with Gasteiger partial charge in [-0.25, -0.2) is 5.43 Å². The van der Waals surface area contributed by atoms with E-state index in [1.807, 2.05) is 24.3 Å². The standard InChI is InChI=1S/C21H27N3O2/c1-14(25)23-19-4-2-15(3-5-19)13-22-24-20(26)12-21-9-16-6-17(10-21)8-18(7-16)11-21/h2-5,13,16-18H,6-12H2,1H3,(H,23,25)(H,24,26)/b22-13-. The highest BCUT2D eigenvalue weighted by molar-refractivity contribution is 5.89. The van der Waals surface area contributed by atoms with Crippen LogP contribution in [-0.4, -0.2) is 18.0 Å². The van der Waals surface area contributed by atoms with E-state index in [0.29, 0.717) is 6.42 Å². The second-order valence-electron chi connectivity index (χ2n) is 8.69. The van der Waals surface area contributed by atoms with Crippen LogP contribution in [0.5, 0.6) is 0 Å². The molecule has 5 heteroatoms. The van der Waals surface area contributed by atoms with Crippen LogP contribution < -0.4 is 10.7 Å². The van der Waals surface area contributed by atoms with Crippen molar-refractivity contribution in [2.45, 2.75) is 51.9 Å². The number of rotatable bonds is 5. The smallest absolute Gasteiger partial charge is 0.240 e. The van der Waals surface area contributed by atoms with Gasteiger partial charge < -0.3 is 5.32 Å². The molecule has 0 aromatic heterocycles. The molecule has 0 radical (unpaired) electrons. The molecular weight excluding hydrogens is 326 g/mol. The highest BCUT2D eigenvalue weighted by atomic mass is 16.2. The fourth-order valence-electron chi connectivity index (χ4n) is 5.92. The maximum absolute atomic E-state index is 12.4. The van der Waals surface area contributed by atoms with Gasteiger partial charge in [0.1, 0.15) is 0 Å². The molecule has 1 aromatic rings. The predicted molar refractivity (Wildman–Crippen MR) is 102 cm³/mol. The number of carbonyl (C=O) groups is 2. The Kier molecular flexibility index (Phi) is 4.55. The summed E-state index contributed by atoms with van der Waals surface area (Å²) >= 11 is 0. The lowest BCUT2D eigenvalue weighted by molar-refractivity contribution is -0.129. The van der Waals surface area contributed by atoms with E-state index < -0.39 is 0 Å². The van der Waals surface area contributed by atoms with Crippen LogP contribution in [0.15, 0.2) is 29.4 Å². The third-order valence-corrected chi connectivity index (χ3v) is 6.33. The summed E-state index contributed by atoms with van der Waals surface area (Å²) in [5.74, 6) is 2.53. The van der Waals surface area contributed by atoms with Gasteiger partial charge >= 0.3 is 0 Å². The number of hydrogen-bond donors (Lipinski definition) is 2. The van der Waals surface area contributed by atoms with E-state index in [9.17, 15) is 9.59 Å². The van der Waals surface area contributed by atoms with Crippen LogP contribution in [0.4, 0.5) is 5.69 Å². The fourth-order valence-corrected chi connectivity index (χ4v) is 5.92. The van der Waals surface area contributed by atoms with Crippen LogP contribution in [0.1, 0.15) is 57.4 Å². The normalized spacial score (nSPS) is 32.0. The molecule has 0 heterocycles. The van der Waals surface area contributed by atoms with Crippen LogP contribution in [0.2, 0.25) is 0 Å². The molecule has 138 valence electrons. The van der Waals surface area contributed by atoms with Crippen LogP contribution in [-0.2, 0) is 9.59 Å². The number of benzene rings is 1. The molecular formula is C21H27N3O2. The summed E-state index contributed by atoms with van der Waals surface area (Å²) in [6, 6.07) is 7.36. The SMILES string of the molecule is CC(=O)Nc1ccc(/C=N\NC(=O)CC23CC4CC(CC(C4)C2)C3)cc1. The molecule has 0 aliphatic heterocycles. The summed E-state index contributed by atoms with van der Waals surface area (Å²) < 4.78 is 0. The van der Waals surface area contributed by atoms with Crippen molar-refractivity contribution < 1.29 is 9.59 Å². The first-order chi connectivity index (χ1) is 12.5. The Balaban J connectivity index is 1.30. The molecule has 5 rings (SSSR count). The van der Waals surface area contributed by atoms with E-state index >= 15 is 0 Å². The number of carbonyl (C=O) groups excluding carboxylic acids is 2. The maximum Gasteiger partial charge on any atom is 0.240 e. The average Bonchev–Trinajstić information content (AvgIpc) is 2.54. The van der Waals surface area contributed by atoms with E-state index in [0.717, 1.165) is 29.0 Å². The van der Waals surface area contributed by atoms with E-state index in [-0.39, 0.29) is 17.2 Å². The van der Waals surface area contributed by atoms with Gasteiger partial charge in [-0.3, -0.25) is 9.59 Å². The van der Waals surface area contributed by atoms with Gasteiger partial charge in [-0.05, 0) is 79.4 Å². The highest BCUT2D eigenvalue weighted by Crippen LogP contribution is 2.61. The summed E-state index contributed by atoms with van der Waals surface area (Å²) in [6.45, 7) is 1.48. The Morgan fingerprint density at radius 1 is 1.08 bits per heavy atom. The third kappa shape index (κ3) is 3.81. The van der Waals surface area contributed by atoms with Crippen LogP contribution in [0, 0.1) is 23.2 Å². The molecule has 4 fully saturated rings. The maximum atomic E-state index is 12.4. The largest absolute Gasteiger partial charge is 0.326 e. The van der Waals surface area contributed by atoms with Gasteiger partial charge in [0.2, 0.25) is 11.8 Å². The first kappa shape index (κ1) is 17.3. The molecule has 2 N–H and O–H groups in total. The van der Waals surface area contributed by atoms with Crippen molar-refractivity contribution >= 4 is 23.7 Å². The van der Waals surface area contributed by atoms with Gasteiger partial charge in [-0.15, -0.1) is 0 Å². The molecule has 0 atom stereocenters. The minimum Gasteiger partial charge on any atom is -0.326 e. The molecule has 2 amide bonds. The number of hydrogen-bond acceptors (Lipinski definition) is 3. The molecule has 1 aromatic carbocycles. The number of nitrogens with one attached hydrogen (secondary N) is 2. The topological polar surface area (TPSA) is 70.6 Å². The van der Waals surface area contributed by atoms with E-state index in [2.05, 4.69) is 15.8 Å². The molecule has 4 aliphatic carbocycles. The number of amides is 2. The Labute approximate surface area is 154 Å². The van der Waals surface area contributed by atoms with Gasteiger partial charge in [0.05, 0.1) is 6.21 Å². The van der Waals surface area contributed by atoms with Crippen LogP contribution in [0.3, 0.4) is 0 Å². The summed E-state index contributed by atoms with van der Waals surface area (Å²) in [5, 5.41) is 6.84. The zero-order valence-corrected chi connectivity index (χ0v) is 15.3. The van der Waals surface area contributed by atoms with Gasteiger partial charge in [0.15, 0.2) is 0 Å². The monoisotopic (exact) mass is 353 g/mol. The number of anilines is 1. The Morgan fingerprint density at radius 2 is 1.65 bits per heavy atom. The second kappa shape index (κ2) is 6.86. The van der Waals surface area contributed by atoms with Gasteiger partial charge in [-0.2, -0.15) is 5.10 Å². The van der Waals surface area contributed by atoms with Crippen molar-refractivity contribution in [3.05, 3.63) is 29.8 Å². The van der Waals surface area contributed by atoms with Gasteiger partial charge in [-0.1, -0.05) is 12.1 Å². The van der Waals surface area contributed by atoms with Crippen molar-refractivity contribution in [1.29, 1.82) is 0 Å². The molecule has 26 heavy (non-hydrogen) atoms. The summed E-state index contributed by atoms with van der Waals surface area (Å²) in [5.41, 5.74) is 4.59. The third-order valence-electron chi connectivity index (χ3n) is 6.33. The zero-order valence-electron chi connectivity index (χ0n) is 15.3. The van der Waals surface area contributed by atoms with Crippen molar-refractivity contribution in [3.63, 3.8) is 0 Å². The first-order valence-electron chi connectivity index (χ1n) is 9.69.